The zero-order chi connectivity index (χ0) is 8.43. The van der Waals surface area contributed by atoms with Gasteiger partial charge < -0.3 is 0 Å². The maximum Gasteiger partial charge on any atom is 0.162 e. The Bertz CT molecular complexity index is 204. The molecule has 2 heteroatoms. The number of hydrogen-bond donors (Lipinski definition) is 0. The van der Waals surface area contributed by atoms with E-state index in [1.165, 1.54) is 0 Å². The molecule has 0 amide bonds. The Kier molecular flexibility index (Phi) is 2.72. The Labute approximate surface area is 72.4 Å². The molecule has 0 atom stereocenters. The summed E-state index contributed by atoms with van der Waals surface area (Å²) in [5, 5.41) is 0.795. The zero-order valence-electron chi connectivity index (χ0n) is 6.98. The van der Waals surface area contributed by atoms with Gasteiger partial charge in [0.05, 0.1) is 0 Å². The second-order valence-electron chi connectivity index (χ2n) is 3.26. The van der Waals surface area contributed by atoms with Crippen molar-refractivity contribution in [2.75, 3.05) is 0 Å². The lowest BCUT2D eigenvalue weighted by atomic mass is 10.0. The highest BCUT2D eigenvalue weighted by Gasteiger charge is 2.21. The molecule has 1 rings (SSSR count). The average Bonchev–Trinajstić information content (AvgIpc) is 2.33. The first-order valence-electron chi connectivity index (χ1n) is 4.04. The van der Waals surface area contributed by atoms with Crippen molar-refractivity contribution in [3.63, 3.8) is 0 Å². The fraction of sp³-hybridized carbons (Fsp3) is 0.667. The highest BCUT2D eigenvalue weighted by molar-refractivity contribution is 6.32. The molecule has 11 heavy (non-hydrogen) atoms. The van der Waals surface area contributed by atoms with Crippen molar-refractivity contribution in [1.82, 2.24) is 0 Å². The summed E-state index contributed by atoms with van der Waals surface area (Å²) in [4.78, 5) is 11.4. The number of hydrogen-bond acceptors (Lipinski definition) is 1. The first-order chi connectivity index (χ1) is 5.13. The summed E-state index contributed by atoms with van der Waals surface area (Å²) in [7, 11) is 0. The smallest absolute Gasteiger partial charge is 0.162 e. The summed E-state index contributed by atoms with van der Waals surface area (Å²) in [6.45, 7) is 3.83. The van der Waals surface area contributed by atoms with Crippen LogP contribution in [0.5, 0.6) is 0 Å². The minimum Gasteiger partial charge on any atom is -0.294 e. The molecule has 0 aliphatic heterocycles. The number of Topliss-reactive ketones (excluding diaryl/α,β-unsaturated/α-hetero) is 1. The fourth-order valence-corrected chi connectivity index (χ4v) is 1.63. The predicted octanol–water partition coefficient (Wildman–Crippen LogP) is 2.89. The quantitative estimate of drug-likeness (QED) is 0.626. The van der Waals surface area contributed by atoms with E-state index in [0.29, 0.717) is 0 Å². The number of ketones is 1. The fourth-order valence-electron chi connectivity index (χ4n) is 1.31. The van der Waals surface area contributed by atoms with Gasteiger partial charge in [-0.15, -0.1) is 0 Å². The molecule has 0 radical (unpaired) electrons. The Morgan fingerprint density at radius 3 is 2.45 bits per heavy atom. The Balaban J connectivity index is 2.74. The van der Waals surface area contributed by atoms with Crippen LogP contribution < -0.4 is 0 Å². The molecule has 0 saturated heterocycles. The number of rotatable bonds is 2. The predicted molar refractivity (Wildman–Crippen MR) is 46.6 cm³/mol. The summed E-state index contributed by atoms with van der Waals surface area (Å²) in [5.74, 6) is 0.323. The highest BCUT2D eigenvalue weighted by Crippen LogP contribution is 2.30. The molecule has 0 saturated carbocycles. The van der Waals surface area contributed by atoms with Gasteiger partial charge >= 0.3 is 0 Å². The number of halogens is 1. The molecule has 0 heterocycles. The molecular weight excluding hydrogens is 160 g/mol. The molecule has 0 aromatic rings. The second kappa shape index (κ2) is 3.40. The van der Waals surface area contributed by atoms with Crippen molar-refractivity contribution in [3.05, 3.63) is 10.6 Å². The molecule has 1 aliphatic rings. The van der Waals surface area contributed by atoms with E-state index in [2.05, 4.69) is 0 Å². The van der Waals surface area contributed by atoms with Gasteiger partial charge in [0.2, 0.25) is 0 Å². The topological polar surface area (TPSA) is 17.1 Å². The van der Waals surface area contributed by atoms with Gasteiger partial charge in [0, 0.05) is 16.5 Å². The van der Waals surface area contributed by atoms with E-state index in [-0.39, 0.29) is 11.7 Å². The van der Waals surface area contributed by atoms with Crippen molar-refractivity contribution < 1.29 is 4.79 Å². The summed E-state index contributed by atoms with van der Waals surface area (Å²) in [5.41, 5.74) is 0.877. The lowest BCUT2D eigenvalue weighted by Gasteiger charge is -2.04. The van der Waals surface area contributed by atoms with Crippen LogP contribution in [0.25, 0.3) is 0 Å². The Morgan fingerprint density at radius 2 is 2.09 bits per heavy atom. The minimum atomic E-state index is 0.0943. The Morgan fingerprint density at radius 1 is 1.45 bits per heavy atom. The monoisotopic (exact) mass is 172 g/mol. The van der Waals surface area contributed by atoms with Gasteiger partial charge in [0.15, 0.2) is 5.78 Å². The summed E-state index contributed by atoms with van der Waals surface area (Å²) >= 11 is 5.88. The average molecular weight is 173 g/mol. The van der Waals surface area contributed by atoms with Gasteiger partial charge in [0.1, 0.15) is 0 Å². The first-order valence-corrected chi connectivity index (χ1v) is 4.42. The van der Waals surface area contributed by atoms with Crippen LogP contribution in [0, 0.1) is 5.92 Å². The molecule has 0 fully saturated rings. The summed E-state index contributed by atoms with van der Waals surface area (Å²) in [6, 6.07) is 0. The molecule has 0 unspecified atom stereocenters. The molecule has 0 aromatic carbocycles. The van der Waals surface area contributed by atoms with Gasteiger partial charge in [-0.2, -0.15) is 0 Å². The van der Waals surface area contributed by atoms with E-state index in [9.17, 15) is 4.79 Å². The van der Waals surface area contributed by atoms with Crippen LogP contribution >= 0.6 is 11.6 Å². The van der Waals surface area contributed by atoms with Crippen LogP contribution in [-0.4, -0.2) is 5.78 Å². The van der Waals surface area contributed by atoms with Crippen LogP contribution in [0.2, 0.25) is 0 Å². The standard InChI is InChI=1S/C9H13ClO/c1-6(2)9(11)7-4-3-5-8(7)10/h6H,3-5H2,1-2H3. The van der Waals surface area contributed by atoms with Crippen molar-refractivity contribution in [2.24, 2.45) is 5.92 Å². The van der Waals surface area contributed by atoms with E-state index in [0.717, 1.165) is 29.9 Å². The maximum atomic E-state index is 11.4. The molecule has 0 spiro atoms. The third-order valence-corrected chi connectivity index (χ3v) is 2.39. The van der Waals surface area contributed by atoms with E-state index in [1.54, 1.807) is 0 Å². The van der Waals surface area contributed by atoms with Gasteiger partial charge in [0.25, 0.3) is 0 Å². The minimum absolute atomic E-state index is 0.0943. The van der Waals surface area contributed by atoms with Crippen LogP contribution in [0.1, 0.15) is 33.1 Å². The summed E-state index contributed by atoms with van der Waals surface area (Å²) < 4.78 is 0. The third-order valence-electron chi connectivity index (χ3n) is 1.97. The second-order valence-corrected chi connectivity index (χ2v) is 3.71. The lowest BCUT2D eigenvalue weighted by Crippen LogP contribution is -2.09. The van der Waals surface area contributed by atoms with Gasteiger partial charge in [-0.1, -0.05) is 25.4 Å². The normalized spacial score (nSPS) is 18.2. The molecule has 1 aliphatic carbocycles. The molecule has 1 nitrogen and oxygen atoms in total. The lowest BCUT2D eigenvalue weighted by molar-refractivity contribution is -0.118. The Hall–Kier alpha value is -0.300. The number of carbonyl (C=O) groups excluding carboxylic acids is 1. The van der Waals surface area contributed by atoms with E-state index < -0.39 is 0 Å². The molecular formula is C9H13ClO. The first kappa shape index (κ1) is 8.79. The molecule has 0 bridgehead atoms. The van der Waals surface area contributed by atoms with Gasteiger partial charge in [-0.3, -0.25) is 4.79 Å². The van der Waals surface area contributed by atoms with Gasteiger partial charge in [-0.25, -0.2) is 0 Å². The van der Waals surface area contributed by atoms with Crippen molar-refractivity contribution in [3.8, 4) is 0 Å². The number of carbonyl (C=O) groups is 1. The van der Waals surface area contributed by atoms with Crippen molar-refractivity contribution in [1.29, 1.82) is 0 Å². The largest absolute Gasteiger partial charge is 0.294 e. The highest BCUT2D eigenvalue weighted by atomic mass is 35.5. The molecule has 62 valence electrons. The molecule has 0 aromatic heterocycles. The summed E-state index contributed by atoms with van der Waals surface area (Å²) in [6.07, 6.45) is 2.83. The van der Waals surface area contributed by atoms with Crippen LogP contribution in [0.15, 0.2) is 10.6 Å². The molecule has 0 N–H and O–H groups in total. The van der Waals surface area contributed by atoms with Crippen molar-refractivity contribution in [2.45, 2.75) is 33.1 Å². The van der Waals surface area contributed by atoms with E-state index in [4.69, 9.17) is 11.6 Å². The van der Waals surface area contributed by atoms with Gasteiger partial charge in [-0.05, 0) is 19.3 Å². The number of allylic oxidation sites excluding steroid dienone is 2. The van der Waals surface area contributed by atoms with Crippen LogP contribution in [-0.2, 0) is 4.79 Å². The SMILES string of the molecule is CC(C)C(=O)C1=C(Cl)CCC1. The van der Waals surface area contributed by atoms with Crippen LogP contribution in [0.3, 0.4) is 0 Å². The van der Waals surface area contributed by atoms with E-state index in [1.807, 2.05) is 13.8 Å². The van der Waals surface area contributed by atoms with Crippen molar-refractivity contribution >= 4 is 17.4 Å². The zero-order valence-corrected chi connectivity index (χ0v) is 7.74. The van der Waals surface area contributed by atoms with Crippen LogP contribution in [0.4, 0.5) is 0 Å². The maximum absolute atomic E-state index is 11.4. The van der Waals surface area contributed by atoms with E-state index >= 15 is 0 Å². The third kappa shape index (κ3) is 1.84.